The molecular weight excluding hydrogens is 316 g/mol. The Bertz CT molecular complexity index is 765. The molecule has 1 aliphatic heterocycles. The predicted molar refractivity (Wildman–Crippen MR) is 97.6 cm³/mol. The SMILES string of the molecule is Cc1ccccc1Oc1ccc(C(=O)N/C(N)=N/N2CCCC2)cc1. The molecule has 25 heavy (non-hydrogen) atoms. The summed E-state index contributed by atoms with van der Waals surface area (Å²) in [5, 5.41) is 8.67. The van der Waals surface area contributed by atoms with Gasteiger partial charge < -0.3 is 10.5 Å². The zero-order valence-electron chi connectivity index (χ0n) is 14.2. The third kappa shape index (κ3) is 4.50. The van der Waals surface area contributed by atoms with Crippen LogP contribution in [0.4, 0.5) is 0 Å². The Balaban J connectivity index is 1.61. The Morgan fingerprint density at radius 2 is 1.80 bits per heavy atom. The molecule has 3 N–H and O–H groups in total. The number of hydrogen-bond acceptors (Lipinski definition) is 4. The maximum Gasteiger partial charge on any atom is 0.257 e. The van der Waals surface area contributed by atoms with Crippen molar-refractivity contribution >= 4 is 11.9 Å². The lowest BCUT2D eigenvalue weighted by molar-refractivity contribution is 0.0976. The molecule has 6 nitrogen and oxygen atoms in total. The highest BCUT2D eigenvalue weighted by molar-refractivity contribution is 6.05. The molecular formula is C19H22N4O2. The van der Waals surface area contributed by atoms with Gasteiger partial charge in [0, 0.05) is 18.7 Å². The number of nitrogens with one attached hydrogen (secondary N) is 1. The summed E-state index contributed by atoms with van der Waals surface area (Å²) in [6.07, 6.45) is 2.21. The van der Waals surface area contributed by atoms with Crippen LogP contribution in [0.15, 0.2) is 53.6 Å². The Labute approximate surface area is 147 Å². The Hall–Kier alpha value is -3.02. The van der Waals surface area contributed by atoms with Gasteiger partial charge in [0.1, 0.15) is 11.5 Å². The van der Waals surface area contributed by atoms with E-state index in [1.807, 2.05) is 36.2 Å². The van der Waals surface area contributed by atoms with Gasteiger partial charge in [0.25, 0.3) is 5.91 Å². The fourth-order valence-corrected chi connectivity index (χ4v) is 2.64. The van der Waals surface area contributed by atoms with Crippen LogP contribution in [0.1, 0.15) is 28.8 Å². The topological polar surface area (TPSA) is 79.9 Å². The summed E-state index contributed by atoms with van der Waals surface area (Å²) in [7, 11) is 0. The number of para-hydroxylation sites is 1. The minimum atomic E-state index is -0.289. The van der Waals surface area contributed by atoms with Gasteiger partial charge in [0.05, 0.1) is 0 Å². The van der Waals surface area contributed by atoms with Crippen LogP contribution >= 0.6 is 0 Å². The molecule has 130 valence electrons. The molecule has 3 rings (SSSR count). The van der Waals surface area contributed by atoms with E-state index in [4.69, 9.17) is 10.5 Å². The maximum absolute atomic E-state index is 12.2. The van der Waals surface area contributed by atoms with Crippen molar-refractivity contribution in [3.8, 4) is 11.5 Å². The van der Waals surface area contributed by atoms with Crippen LogP contribution < -0.4 is 15.8 Å². The summed E-state index contributed by atoms with van der Waals surface area (Å²) < 4.78 is 5.83. The first kappa shape index (κ1) is 16.8. The highest BCUT2D eigenvalue weighted by Crippen LogP contribution is 2.24. The third-order valence-electron chi connectivity index (χ3n) is 4.01. The van der Waals surface area contributed by atoms with Crippen molar-refractivity contribution in [1.29, 1.82) is 0 Å². The molecule has 0 aliphatic carbocycles. The molecule has 1 aliphatic rings. The quantitative estimate of drug-likeness (QED) is 0.663. The number of hydrazone groups is 1. The lowest BCUT2D eigenvalue weighted by Crippen LogP contribution is -2.38. The van der Waals surface area contributed by atoms with Crippen LogP contribution in [0, 0.1) is 6.92 Å². The fraction of sp³-hybridized carbons (Fsp3) is 0.263. The van der Waals surface area contributed by atoms with E-state index in [1.165, 1.54) is 0 Å². The van der Waals surface area contributed by atoms with E-state index < -0.39 is 0 Å². The van der Waals surface area contributed by atoms with E-state index in [-0.39, 0.29) is 11.9 Å². The monoisotopic (exact) mass is 338 g/mol. The van der Waals surface area contributed by atoms with Gasteiger partial charge in [-0.3, -0.25) is 15.1 Å². The van der Waals surface area contributed by atoms with Gasteiger partial charge in [0.2, 0.25) is 5.96 Å². The van der Waals surface area contributed by atoms with Gasteiger partial charge in [-0.25, -0.2) is 0 Å². The van der Waals surface area contributed by atoms with E-state index in [9.17, 15) is 4.79 Å². The maximum atomic E-state index is 12.2. The van der Waals surface area contributed by atoms with Crippen LogP contribution in [-0.2, 0) is 0 Å². The first-order valence-electron chi connectivity index (χ1n) is 8.36. The van der Waals surface area contributed by atoms with Crippen molar-refractivity contribution in [3.05, 3.63) is 59.7 Å². The van der Waals surface area contributed by atoms with Crippen LogP contribution in [0.25, 0.3) is 0 Å². The van der Waals surface area contributed by atoms with Crippen molar-refractivity contribution in [3.63, 3.8) is 0 Å². The largest absolute Gasteiger partial charge is 0.457 e. The van der Waals surface area contributed by atoms with E-state index in [0.29, 0.717) is 11.3 Å². The normalized spacial score (nSPS) is 14.4. The molecule has 0 radical (unpaired) electrons. The average molecular weight is 338 g/mol. The van der Waals surface area contributed by atoms with Gasteiger partial charge >= 0.3 is 0 Å². The molecule has 1 heterocycles. The number of nitrogens with two attached hydrogens (primary N) is 1. The van der Waals surface area contributed by atoms with Crippen LogP contribution in [0.3, 0.4) is 0 Å². The Morgan fingerprint density at radius 3 is 2.48 bits per heavy atom. The predicted octanol–water partition coefficient (Wildman–Crippen LogP) is 2.84. The van der Waals surface area contributed by atoms with Crippen molar-refractivity contribution in [1.82, 2.24) is 10.3 Å². The second-order valence-corrected chi connectivity index (χ2v) is 5.99. The zero-order chi connectivity index (χ0) is 17.6. The van der Waals surface area contributed by atoms with Crippen LogP contribution in [0.5, 0.6) is 11.5 Å². The number of carbonyl (C=O) groups excluding carboxylic acids is 1. The third-order valence-corrected chi connectivity index (χ3v) is 4.01. The van der Waals surface area contributed by atoms with E-state index >= 15 is 0 Å². The van der Waals surface area contributed by atoms with E-state index in [2.05, 4.69) is 10.4 Å². The van der Waals surface area contributed by atoms with Crippen molar-refractivity contribution in [2.24, 2.45) is 10.8 Å². The number of hydrogen-bond donors (Lipinski definition) is 2. The van der Waals surface area contributed by atoms with Gasteiger partial charge in [-0.05, 0) is 55.7 Å². The second-order valence-electron chi connectivity index (χ2n) is 5.99. The molecule has 6 heteroatoms. The number of guanidine groups is 1. The average Bonchev–Trinajstić information content (AvgIpc) is 3.10. The number of rotatable bonds is 4. The Morgan fingerprint density at radius 1 is 1.12 bits per heavy atom. The van der Waals surface area contributed by atoms with Gasteiger partial charge in [-0.2, -0.15) is 0 Å². The van der Waals surface area contributed by atoms with Crippen molar-refractivity contribution in [2.75, 3.05) is 13.1 Å². The van der Waals surface area contributed by atoms with Gasteiger partial charge in [0.15, 0.2) is 0 Å². The molecule has 2 aromatic rings. The zero-order valence-corrected chi connectivity index (χ0v) is 14.2. The van der Waals surface area contributed by atoms with Crippen LogP contribution in [0.2, 0.25) is 0 Å². The van der Waals surface area contributed by atoms with Crippen LogP contribution in [-0.4, -0.2) is 30.0 Å². The highest BCUT2D eigenvalue weighted by Gasteiger charge is 2.12. The summed E-state index contributed by atoms with van der Waals surface area (Å²) in [5.41, 5.74) is 7.34. The van der Waals surface area contributed by atoms with E-state index in [1.54, 1.807) is 24.3 Å². The smallest absolute Gasteiger partial charge is 0.257 e. The fourth-order valence-electron chi connectivity index (χ4n) is 2.64. The number of carbonyl (C=O) groups is 1. The second kappa shape index (κ2) is 7.70. The number of aryl methyl sites for hydroxylation is 1. The molecule has 1 fully saturated rings. The molecule has 1 amide bonds. The number of nitrogens with zero attached hydrogens (tertiary/aromatic N) is 2. The summed E-state index contributed by atoms with van der Waals surface area (Å²) in [6, 6.07) is 14.7. The van der Waals surface area contributed by atoms with Crippen molar-refractivity contribution < 1.29 is 9.53 Å². The minimum Gasteiger partial charge on any atom is -0.457 e. The molecule has 1 saturated heterocycles. The minimum absolute atomic E-state index is 0.118. The number of benzene rings is 2. The van der Waals surface area contributed by atoms with Gasteiger partial charge in [-0.1, -0.05) is 18.2 Å². The highest BCUT2D eigenvalue weighted by atomic mass is 16.5. The first-order valence-corrected chi connectivity index (χ1v) is 8.36. The summed E-state index contributed by atoms with van der Waals surface area (Å²) in [5.74, 6) is 1.29. The van der Waals surface area contributed by atoms with Gasteiger partial charge in [-0.15, -0.1) is 5.10 Å². The first-order chi connectivity index (χ1) is 12.1. The molecule has 0 atom stereocenters. The molecule has 0 aromatic heterocycles. The number of amides is 1. The molecule has 0 saturated carbocycles. The van der Waals surface area contributed by atoms with Crippen molar-refractivity contribution in [2.45, 2.75) is 19.8 Å². The van der Waals surface area contributed by atoms with E-state index in [0.717, 1.165) is 37.2 Å². The number of ether oxygens (including phenoxy) is 1. The molecule has 2 aromatic carbocycles. The lowest BCUT2D eigenvalue weighted by Gasteiger charge is -2.12. The molecule has 0 spiro atoms. The summed E-state index contributed by atoms with van der Waals surface area (Å²) >= 11 is 0. The lowest BCUT2D eigenvalue weighted by atomic mass is 10.2. The molecule has 0 unspecified atom stereocenters. The molecule has 0 bridgehead atoms. The summed E-state index contributed by atoms with van der Waals surface area (Å²) in [4.78, 5) is 12.2. The standard InChI is InChI=1S/C19H22N4O2/c1-14-6-2-3-7-17(14)25-16-10-8-15(9-11-16)18(24)21-19(20)22-23-12-4-5-13-23/h2-3,6-11H,4-5,12-13H2,1H3,(H3,20,21,22,24). The summed E-state index contributed by atoms with van der Waals surface area (Å²) in [6.45, 7) is 3.74. The Kier molecular flexibility index (Phi) is 5.18.